The lowest BCUT2D eigenvalue weighted by Gasteiger charge is -2.07. The van der Waals surface area contributed by atoms with Crippen molar-refractivity contribution in [1.82, 2.24) is 4.90 Å². The SMILES string of the molecule is CC(=O)OCCN(C)C.CCC. The van der Waals surface area contributed by atoms with Crippen LogP contribution in [0.3, 0.4) is 0 Å². The molecule has 0 aliphatic rings. The number of likely N-dealkylation sites (N-methyl/N-ethyl adjacent to an activating group) is 1. The first-order valence-electron chi connectivity index (χ1n) is 4.32. The molecule has 0 bridgehead atoms. The molecule has 0 unspecified atom stereocenters. The van der Waals surface area contributed by atoms with E-state index in [-0.39, 0.29) is 5.97 Å². The molecule has 0 aromatic rings. The van der Waals surface area contributed by atoms with Crippen LogP contribution in [-0.4, -0.2) is 38.1 Å². The topological polar surface area (TPSA) is 29.5 Å². The van der Waals surface area contributed by atoms with Crippen molar-refractivity contribution in [2.45, 2.75) is 27.2 Å². The number of esters is 1. The van der Waals surface area contributed by atoms with Crippen molar-refractivity contribution < 1.29 is 9.53 Å². The molecule has 3 heteroatoms. The number of hydrogen-bond donors (Lipinski definition) is 0. The third-order valence-electron chi connectivity index (χ3n) is 0.844. The van der Waals surface area contributed by atoms with Crippen LogP contribution in [0.2, 0.25) is 0 Å². The van der Waals surface area contributed by atoms with Gasteiger partial charge in [0.25, 0.3) is 0 Å². The number of ether oxygens (including phenoxy) is 1. The molecule has 12 heavy (non-hydrogen) atoms. The Morgan fingerprint density at radius 2 is 1.75 bits per heavy atom. The smallest absolute Gasteiger partial charge is 0.302 e. The predicted octanol–water partition coefficient (Wildman–Crippen LogP) is 1.53. The largest absolute Gasteiger partial charge is 0.465 e. The summed E-state index contributed by atoms with van der Waals surface area (Å²) in [6.07, 6.45) is 1.25. The summed E-state index contributed by atoms with van der Waals surface area (Å²) >= 11 is 0. The average molecular weight is 175 g/mol. The fourth-order valence-corrected chi connectivity index (χ4v) is 0.372. The van der Waals surface area contributed by atoms with Crippen LogP contribution in [0.1, 0.15) is 27.2 Å². The van der Waals surface area contributed by atoms with E-state index >= 15 is 0 Å². The second kappa shape index (κ2) is 10.4. The molecule has 0 atom stereocenters. The molecule has 0 aromatic heterocycles. The molecule has 0 amide bonds. The lowest BCUT2D eigenvalue weighted by atomic mass is 10.6. The van der Waals surface area contributed by atoms with E-state index in [4.69, 9.17) is 0 Å². The molecule has 0 aliphatic carbocycles. The maximum absolute atomic E-state index is 10.2. The van der Waals surface area contributed by atoms with Crippen LogP contribution in [0.5, 0.6) is 0 Å². The van der Waals surface area contributed by atoms with Crippen molar-refractivity contribution in [2.75, 3.05) is 27.2 Å². The molecule has 0 rings (SSSR count). The second-order valence-electron chi connectivity index (χ2n) is 2.85. The van der Waals surface area contributed by atoms with Gasteiger partial charge in [-0.2, -0.15) is 0 Å². The summed E-state index contributed by atoms with van der Waals surface area (Å²) in [5.41, 5.74) is 0. The zero-order valence-corrected chi connectivity index (χ0v) is 8.89. The van der Waals surface area contributed by atoms with E-state index in [2.05, 4.69) is 18.6 Å². The van der Waals surface area contributed by atoms with E-state index in [0.29, 0.717) is 6.61 Å². The van der Waals surface area contributed by atoms with E-state index in [1.165, 1.54) is 13.3 Å². The minimum atomic E-state index is -0.211. The molecule has 0 spiro atoms. The Kier molecular flexibility index (Phi) is 12.2. The molecular weight excluding hydrogens is 154 g/mol. The highest BCUT2D eigenvalue weighted by Gasteiger charge is 1.92. The van der Waals surface area contributed by atoms with Crippen LogP contribution in [0, 0.1) is 0 Å². The third-order valence-corrected chi connectivity index (χ3v) is 0.844. The first kappa shape index (κ1) is 14.0. The van der Waals surface area contributed by atoms with Gasteiger partial charge in [0.05, 0.1) is 0 Å². The van der Waals surface area contributed by atoms with Gasteiger partial charge in [-0.3, -0.25) is 4.79 Å². The van der Waals surface area contributed by atoms with E-state index in [1.807, 2.05) is 19.0 Å². The number of carbonyl (C=O) groups is 1. The summed E-state index contributed by atoms with van der Waals surface area (Å²) in [6.45, 7) is 6.94. The highest BCUT2D eigenvalue weighted by molar-refractivity contribution is 5.65. The van der Waals surface area contributed by atoms with Gasteiger partial charge in [0.15, 0.2) is 0 Å². The Bertz CT molecular complexity index is 103. The second-order valence-corrected chi connectivity index (χ2v) is 2.85. The Morgan fingerprint density at radius 1 is 1.33 bits per heavy atom. The van der Waals surface area contributed by atoms with Gasteiger partial charge < -0.3 is 9.64 Å². The number of rotatable bonds is 3. The van der Waals surface area contributed by atoms with Crippen molar-refractivity contribution in [1.29, 1.82) is 0 Å². The molecule has 0 N–H and O–H groups in total. The van der Waals surface area contributed by atoms with Gasteiger partial charge in [0.1, 0.15) is 6.61 Å². The van der Waals surface area contributed by atoms with Crippen LogP contribution >= 0.6 is 0 Å². The molecule has 0 fully saturated rings. The van der Waals surface area contributed by atoms with Crippen molar-refractivity contribution in [2.24, 2.45) is 0 Å². The van der Waals surface area contributed by atoms with Gasteiger partial charge in [-0.05, 0) is 14.1 Å². The molecule has 74 valence electrons. The summed E-state index contributed by atoms with van der Waals surface area (Å²) in [5.74, 6) is -0.211. The van der Waals surface area contributed by atoms with Crippen molar-refractivity contribution >= 4 is 5.97 Å². The Morgan fingerprint density at radius 3 is 2.00 bits per heavy atom. The van der Waals surface area contributed by atoms with Gasteiger partial charge in [0, 0.05) is 13.5 Å². The molecular formula is C9H21NO2. The van der Waals surface area contributed by atoms with Gasteiger partial charge in [0.2, 0.25) is 0 Å². The molecule has 0 heterocycles. The van der Waals surface area contributed by atoms with Crippen LogP contribution < -0.4 is 0 Å². The van der Waals surface area contributed by atoms with Crippen molar-refractivity contribution in [3.63, 3.8) is 0 Å². The minimum Gasteiger partial charge on any atom is -0.465 e. The fraction of sp³-hybridized carbons (Fsp3) is 0.889. The highest BCUT2D eigenvalue weighted by Crippen LogP contribution is 1.77. The molecule has 0 aromatic carbocycles. The maximum Gasteiger partial charge on any atom is 0.302 e. The van der Waals surface area contributed by atoms with Gasteiger partial charge in [-0.25, -0.2) is 0 Å². The first-order valence-corrected chi connectivity index (χ1v) is 4.32. The molecule has 3 nitrogen and oxygen atoms in total. The zero-order valence-electron chi connectivity index (χ0n) is 8.89. The van der Waals surface area contributed by atoms with Gasteiger partial charge in [-0.15, -0.1) is 0 Å². The van der Waals surface area contributed by atoms with Crippen LogP contribution in [0.15, 0.2) is 0 Å². The number of nitrogens with zero attached hydrogens (tertiary/aromatic N) is 1. The summed E-state index contributed by atoms with van der Waals surface area (Å²) in [7, 11) is 3.87. The monoisotopic (exact) mass is 175 g/mol. The Hall–Kier alpha value is -0.570. The number of carbonyl (C=O) groups excluding carboxylic acids is 1. The molecule has 0 saturated carbocycles. The zero-order chi connectivity index (χ0) is 9.98. The van der Waals surface area contributed by atoms with Crippen LogP contribution in [0.25, 0.3) is 0 Å². The lowest BCUT2D eigenvalue weighted by molar-refractivity contribution is -0.141. The summed E-state index contributed by atoms with van der Waals surface area (Å²) in [4.78, 5) is 12.1. The van der Waals surface area contributed by atoms with Crippen LogP contribution in [0.4, 0.5) is 0 Å². The van der Waals surface area contributed by atoms with E-state index < -0.39 is 0 Å². The van der Waals surface area contributed by atoms with E-state index in [9.17, 15) is 4.79 Å². The molecule has 0 saturated heterocycles. The fourth-order valence-electron chi connectivity index (χ4n) is 0.372. The average Bonchev–Trinajstić information content (AvgIpc) is 1.87. The first-order chi connectivity index (χ1) is 5.54. The molecule has 0 aliphatic heterocycles. The Balaban J connectivity index is 0. The van der Waals surface area contributed by atoms with Crippen molar-refractivity contribution in [3.05, 3.63) is 0 Å². The summed E-state index contributed by atoms with van der Waals surface area (Å²) in [5, 5.41) is 0. The summed E-state index contributed by atoms with van der Waals surface area (Å²) in [6, 6.07) is 0. The predicted molar refractivity (Wildman–Crippen MR) is 51.2 cm³/mol. The Labute approximate surface area is 75.7 Å². The minimum absolute atomic E-state index is 0.211. The van der Waals surface area contributed by atoms with Gasteiger partial charge >= 0.3 is 5.97 Å². The number of hydrogen-bond acceptors (Lipinski definition) is 3. The third kappa shape index (κ3) is 22.7. The van der Waals surface area contributed by atoms with Gasteiger partial charge in [-0.1, -0.05) is 20.3 Å². The molecule has 0 radical (unpaired) electrons. The van der Waals surface area contributed by atoms with E-state index in [0.717, 1.165) is 6.54 Å². The maximum atomic E-state index is 10.2. The van der Waals surface area contributed by atoms with Crippen molar-refractivity contribution in [3.8, 4) is 0 Å². The highest BCUT2D eigenvalue weighted by atomic mass is 16.5. The normalized spacial score (nSPS) is 8.83. The summed E-state index contributed by atoms with van der Waals surface area (Å²) < 4.78 is 4.67. The quantitative estimate of drug-likeness (QED) is 0.609. The van der Waals surface area contributed by atoms with E-state index in [1.54, 1.807) is 0 Å². The standard InChI is InChI=1S/C6H13NO2.C3H8/c1-6(8)9-5-4-7(2)3;1-3-2/h4-5H2,1-3H3;3H2,1-2H3. The lowest BCUT2D eigenvalue weighted by Crippen LogP contribution is -2.19. The van der Waals surface area contributed by atoms with Crippen LogP contribution in [-0.2, 0) is 9.53 Å².